The van der Waals surface area contributed by atoms with Crippen LogP contribution in [0.15, 0.2) is 23.1 Å². The van der Waals surface area contributed by atoms with Gasteiger partial charge in [-0.25, -0.2) is 8.42 Å². The van der Waals surface area contributed by atoms with E-state index in [1.807, 2.05) is 6.92 Å². The first-order chi connectivity index (χ1) is 13.8. The first kappa shape index (κ1) is 21.9. The Labute approximate surface area is 173 Å². The first-order valence-corrected chi connectivity index (χ1v) is 11.7. The Hall–Kier alpha value is -1.84. The molecule has 0 radical (unpaired) electrons. The molecule has 29 heavy (non-hydrogen) atoms. The second-order valence-electron chi connectivity index (χ2n) is 8.09. The lowest BCUT2D eigenvalue weighted by Crippen LogP contribution is -3.15. The summed E-state index contributed by atoms with van der Waals surface area (Å²) in [5.41, 5.74) is 0. The number of fused-ring (bicyclic) bond motifs is 1. The molecule has 8 nitrogen and oxygen atoms in total. The van der Waals surface area contributed by atoms with Gasteiger partial charge in [-0.1, -0.05) is 13.8 Å². The normalized spacial score (nSPS) is 19.6. The maximum absolute atomic E-state index is 13.0. The van der Waals surface area contributed by atoms with Crippen LogP contribution in [0.4, 0.5) is 0 Å². The van der Waals surface area contributed by atoms with Crippen LogP contribution in [0, 0.1) is 5.92 Å². The molecule has 1 fully saturated rings. The van der Waals surface area contributed by atoms with Gasteiger partial charge < -0.3 is 19.7 Å². The lowest BCUT2D eigenvalue weighted by atomic mass is 10.1. The van der Waals surface area contributed by atoms with Crippen molar-refractivity contribution in [3.05, 3.63) is 18.2 Å². The minimum absolute atomic E-state index is 0.0143. The van der Waals surface area contributed by atoms with E-state index in [1.165, 1.54) is 4.31 Å². The van der Waals surface area contributed by atoms with Gasteiger partial charge in [0.15, 0.2) is 18.0 Å². The Balaban J connectivity index is 1.58. The minimum atomic E-state index is -3.61. The third-order valence-electron chi connectivity index (χ3n) is 5.59. The quantitative estimate of drug-likeness (QED) is 0.663. The number of sulfonamides is 1. The smallest absolute Gasteiger partial charge is 0.275 e. The van der Waals surface area contributed by atoms with Gasteiger partial charge in [0.05, 0.1) is 44.3 Å². The zero-order chi connectivity index (χ0) is 21.0. The van der Waals surface area contributed by atoms with Crippen LogP contribution >= 0.6 is 0 Å². The predicted octanol–water partition coefficient (Wildman–Crippen LogP) is -0.102. The molecule has 1 aromatic carbocycles. The second kappa shape index (κ2) is 9.32. The third-order valence-corrected chi connectivity index (χ3v) is 7.48. The molecule has 9 heteroatoms. The number of piperazine rings is 1. The summed E-state index contributed by atoms with van der Waals surface area (Å²) in [6, 6.07) is 4.91. The largest absolute Gasteiger partial charge is 0.490 e. The van der Waals surface area contributed by atoms with Crippen molar-refractivity contribution in [3.8, 4) is 11.5 Å². The number of carbonyl (C=O) groups is 1. The molecule has 162 valence electrons. The maximum Gasteiger partial charge on any atom is 0.275 e. The molecule has 2 aliphatic rings. The summed E-state index contributed by atoms with van der Waals surface area (Å²) in [7, 11) is -3.61. The van der Waals surface area contributed by atoms with Crippen molar-refractivity contribution >= 4 is 15.9 Å². The van der Waals surface area contributed by atoms with Gasteiger partial charge in [0, 0.05) is 18.5 Å². The van der Waals surface area contributed by atoms with Gasteiger partial charge in [-0.15, -0.1) is 0 Å². The highest BCUT2D eigenvalue weighted by Gasteiger charge is 2.32. The summed E-state index contributed by atoms with van der Waals surface area (Å²) in [5, 5.41) is 3.01. The van der Waals surface area contributed by atoms with E-state index in [2.05, 4.69) is 19.2 Å². The van der Waals surface area contributed by atoms with E-state index < -0.39 is 10.0 Å². The van der Waals surface area contributed by atoms with Crippen molar-refractivity contribution in [1.82, 2.24) is 9.62 Å². The molecular formula is C20H32N3O5S+. The van der Waals surface area contributed by atoms with Gasteiger partial charge in [0.1, 0.15) is 0 Å². The Morgan fingerprint density at radius 3 is 2.45 bits per heavy atom. The Kier molecular flexibility index (Phi) is 7.02. The first-order valence-electron chi connectivity index (χ1n) is 10.3. The summed E-state index contributed by atoms with van der Waals surface area (Å²) < 4.78 is 38.8. The van der Waals surface area contributed by atoms with Crippen LogP contribution in [0.25, 0.3) is 0 Å². The van der Waals surface area contributed by atoms with Crippen molar-refractivity contribution in [3.63, 3.8) is 0 Å². The Bertz CT molecular complexity index is 819. The van der Waals surface area contributed by atoms with Crippen LogP contribution in [0.2, 0.25) is 0 Å². The summed E-state index contributed by atoms with van der Waals surface area (Å²) in [6.07, 6.45) is 0.769. The van der Waals surface area contributed by atoms with Crippen molar-refractivity contribution in [2.75, 3.05) is 45.9 Å². The summed E-state index contributed by atoms with van der Waals surface area (Å²) >= 11 is 0. The van der Waals surface area contributed by atoms with Gasteiger partial charge in [-0.3, -0.25) is 4.79 Å². The number of benzene rings is 1. The molecule has 0 unspecified atom stereocenters. The molecule has 1 atom stereocenters. The van der Waals surface area contributed by atoms with Crippen LogP contribution in [0.5, 0.6) is 11.5 Å². The molecule has 0 aliphatic carbocycles. The number of rotatable bonds is 6. The van der Waals surface area contributed by atoms with Crippen LogP contribution in [-0.4, -0.2) is 70.6 Å². The van der Waals surface area contributed by atoms with E-state index in [0.717, 1.165) is 11.3 Å². The van der Waals surface area contributed by atoms with E-state index in [1.54, 1.807) is 18.2 Å². The average molecular weight is 427 g/mol. The van der Waals surface area contributed by atoms with Crippen molar-refractivity contribution < 1.29 is 27.6 Å². The summed E-state index contributed by atoms with van der Waals surface area (Å²) in [4.78, 5) is 13.5. The average Bonchev–Trinajstić information content (AvgIpc) is 2.93. The summed E-state index contributed by atoms with van der Waals surface area (Å²) in [6.45, 7) is 9.57. The molecule has 1 amide bonds. The van der Waals surface area contributed by atoms with Crippen LogP contribution in [0.3, 0.4) is 0 Å². The molecule has 1 aromatic rings. The minimum Gasteiger partial charge on any atom is -0.490 e. The van der Waals surface area contributed by atoms with Gasteiger partial charge in [0.25, 0.3) is 5.91 Å². The fourth-order valence-corrected chi connectivity index (χ4v) is 4.83. The lowest BCUT2D eigenvalue weighted by Gasteiger charge is -2.31. The van der Waals surface area contributed by atoms with E-state index in [4.69, 9.17) is 9.47 Å². The van der Waals surface area contributed by atoms with E-state index in [0.29, 0.717) is 63.4 Å². The topological polar surface area (TPSA) is 89.4 Å². The standard InChI is InChI=1S/C20H31N3O5S/c1-15(2)16(3)21-20(24)14-22-7-9-23(10-8-22)29(25,26)17-5-6-18-19(13-17)28-12-4-11-27-18/h5-6,13,15-16H,4,7-12,14H2,1-3H3,(H,21,24)/p+1/t16-/m0/s1. The highest BCUT2D eigenvalue weighted by atomic mass is 32.2. The number of hydrogen-bond acceptors (Lipinski definition) is 5. The van der Waals surface area contributed by atoms with Gasteiger partial charge in [0.2, 0.25) is 10.0 Å². The summed E-state index contributed by atoms with van der Waals surface area (Å²) in [5.74, 6) is 1.45. The van der Waals surface area contributed by atoms with Crippen molar-refractivity contribution in [1.29, 1.82) is 0 Å². The fourth-order valence-electron chi connectivity index (χ4n) is 3.37. The van der Waals surface area contributed by atoms with E-state index in [-0.39, 0.29) is 16.8 Å². The number of nitrogens with one attached hydrogen (secondary N) is 2. The van der Waals surface area contributed by atoms with Crippen molar-refractivity contribution in [2.24, 2.45) is 5.92 Å². The molecule has 0 bridgehead atoms. The molecule has 2 aliphatic heterocycles. The van der Waals surface area contributed by atoms with Gasteiger partial charge in [-0.2, -0.15) is 4.31 Å². The van der Waals surface area contributed by atoms with Crippen LogP contribution in [0.1, 0.15) is 27.2 Å². The molecule has 2 heterocycles. The highest BCUT2D eigenvalue weighted by Crippen LogP contribution is 2.32. The maximum atomic E-state index is 13.0. The third kappa shape index (κ3) is 5.40. The number of quaternary nitrogens is 1. The molecule has 0 spiro atoms. The van der Waals surface area contributed by atoms with E-state index >= 15 is 0 Å². The number of nitrogens with zero attached hydrogens (tertiary/aromatic N) is 1. The molecule has 1 saturated heterocycles. The van der Waals surface area contributed by atoms with Crippen LogP contribution < -0.4 is 19.7 Å². The van der Waals surface area contributed by atoms with E-state index in [9.17, 15) is 13.2 Å². The lowest BCUT2D eigenvalue weighted by molar-refractivity contribution is -0.895. The Morgan fingerprint density at radius 1 is 1.14 bits per heavy atom. The predicted molar refractivity (Wildman–Crippen MR) is 109 cm³/mol. The zero-order valence-corrected chi connectivity index (χ0v) is 18.3. The molecule has 3 rings (SSSR count). The highest BCUT2D eigenvalue weighted by molar-refractivity contribution is 7.89. The fraction of sp³-hybridized carbons (Fsp3) is 0.650. The number of carbonyl (C=O) groups excluding carboxylic acids is 1. The molecule has 0 aromatic heterocycles. The number of amides is 1. The zero-order valence-electron chi connectivity index (χ0n) is 17.4. The Morgan fingerprint density at radius 2 is 1.79 bits per heavy atom. The van der Waals surface area contributed by atoms with Crippen LogP contribution in [-0.2, 0) is 14.8 Å². The SMILES string of the molecule is CC(C)[C@H](C)NC(=O)C[NH+]1CCN(S(=O)(=O)c2ccc3c(c2)OCCCO3)CC1. The number of hydrogen-bond donors (Lipinski definition) is 2. The molecule has 0 saturated carbocycles. The van der Waals surface area contributed by atoms with Gasteiger partial charge in [-0.05, 0) is 25.0 Å². The molecule has 2 N–H and O–H groups in total. The van der Waals surface area contributed by atoms with Gasteiger partial charge >= 0.3 is 0 Å². The monoisotopic (exact) mass is 426 g/mol. The molecular weight excluding hydrogens is 394 g/mol. The number of ether oxygens (including phenoxy) is 2. The van der Waals surface area contributed by atoms with Crippen molar-refractivity contribution in [2.45, 2.75) is 38.1 Å². The second-order valence-corrected chi connectivity index (χ2v) is 10.0.